The normalized spacial score (nSPS) is 19.0. The molecule has 0 spiro atoms. The lowest BCUT2D eigenvalue weighted by atomic mass is 9.99. The van der Waals surface area contributed by atoms with Crippen LogP contribution in [0.4, 0.5) is 9.18 Å². The van der Waals surface area contributed by atoms with Crippen molar-refractivity contribution < 1.29 is 13.9 Å². The van der Waals surface area contributed by atoms with Crippen molar-refractivity contribution in [2.75, 3.05) is 6.54 Å². The number of rotatable bonds is 0. The van der Waals surface area contributed by atoms with Crippen LogP contribution >= 0.6 is 11.6 Å². The van der Waals surface area contributed by atoms with E-state index in [-0.39, 0.29) is 6.54 Å². The quantitative estimate of drug-likeness (QED) is 0.795. The summed E-state index contributed by atoms with van der Waals surface area (Å²) < 4.78 is 19.4. The Balaban J connectivity index is 2.31. The average Bonchev–Trinajstić information content (AvgIpc) is 2.52. The van der Waals surface area contributed by atoms with Gasteiger partial charge in [0.15, 0.2) is 0 Å². The summed E-state index contributed by atoms with van der Waals surface area (Å²) in [4.78, 5) is 13.7. The first kappa shape index (κ1) is 16.0. The van der Waals surface area contributed by atoms with Gasteiger partial charge in [0.25, 0.3) is 0 Å². The van der Waals surface area contributed by atoms with E-state index in [1.807, 2.05) is 0 Å². The second kappa shape index (κ2) is 5.81. The standard InChI is InChI=1S/C15H20ClFN2O2/c1-15(2,3)21-14(20)19-7-6-12(18)13-9(8-19)11(17)5-4-10(13)16/h4-5,12H,6-8,18H2,1-3H3. The van der Waals surface area contributed by atoms with Crippen LogP contribution in [0.1, 0.15) is 44.4 Å². The lowest BCUT2D eigenvalue weighted by molar-refractivity contribution is 0.0233. The third kappa shape index (κ3) is 3.66. The van der Waals surface area contributed by atoms with Crippen LogP contribution in [0.2, 0.25) is 5.02 Å². The molecule has 2 N–H and O–H groups in total. The second-order valence-electron chi connectivity index (χ2n) is 6.22. The smallest absolute Gasteiger partial charge is 0.410 e. The van der Waals surface area contributed by atoms with Crippen LogP contribution in [0.25, 0.3) is 0 Å². The average molecular weight is 315 g/mol. The fourth-order valence-corrected chi connectivity index (χ4v) is 2.68. The maximum atomic E-state index is 14.1. The van der Waals surface area contributed by atoms with Gasteiger partial charge in [-0.1, -0.05) is 11.6 Å². The monoisotopic (exact) mass is 314 g/mol. The van der Waals surface area contributed by atoms with Gasteiger partial charge in [0, 0.05) is 23.2 Å². The Bertz CT molecular complexity index is 557. The molecule has 21 heavy (non-hydrogen) atoms. The molecule has 0 bridgehead atoms. The molecule has 6 heteroatoms. The number of carbonyl (C=O) groups excluding carboxylic acids is 1. The molecule has 0 saturated carbocycles. The van der Waals surface area contributed by atoms with Gasteiger partial charge in [-0.25, -0.2) is 9.18 Å². The molecule has 0 aromatic heterocycles. The minimum Gasteiger partial charge on any atom is -0.444 e. The van der Waals surface area contributed by atoms with E-state index in [2.05, 4.69) is 0 Å². The van der Waals surface area contributed by atoms with Gasteiger partial charge in [-0.3, -0.25) is 0 Å². The van der Waals surface area contributed by atoms with Crippen molar-refractivity contribution in [1.82, 2.24) is 4.90 Å². The van der Waals surface area contributed by atoms with Gasteiger partial charge in [-0.2, -0.15) is 0 Å². The van der Waals surface area contributed by atoms with Crippen LogP contribution in [-0.4, -0.2) is 23.1 Å². The van der Waals surface area contributed by atoms with Crippen LogP contribution in [0.3, 0.4) is 0 Å². The first-order chi connectivity index (χ1) is 9.69. The van der Waals surface area contributed by atoms with E-state index in [1.165, 1.54) is 17.0 Å². The highest BCUT2D eigenvalue weighted by atomic mass is 35.5. The Labute approximate surface area is 129 Å². The molecule has 4 nitrogen and oxygen atoms in total. The van der Waals surface area contributed by atoms with Crippen molar-refractivity contribution in [1.29, 1.82) is 0 Å². The molecule has 1 atom stereocenters. The van der Waals surface area contributed by atoms with Gasteiger partial charge in [0.2, 0.25) is 0 Å². The third-order valence-corrected chi connectivity index (χ3v) is 3.66. The van der Waals surface area contributed by atoms with Gasteiger partial charge in [-0.15, -0.1) is 0 Å². The number of benzene rings is 1. The van der Waals surface area contributed by atoms with E-state index in [9.17, 15) is 9.18 Å². The van der Waals surface area contributed by atoms with Gasteiger partial charge >= 0.3 is 6.09 Å². The number of halogens is 2. The molecular weight excluding hydrogens is 295 g/mol. The maximum Gasteiger partial charge on any atom is 0.410 e. The second-order valence-corrected chi connectivity index (χ2v) is 6.63. The number of amides is 1. The highest BCUT2D eigenvalue weighted by molar-refractivity contribution is 6.31. The molecule has 1 unspecified atom stereocenters. The van der Waals surface area contributed by atoms with Crippen molar-refractivity contribution in [3.8, 4) is 0 Å². The zero-order valence-corrected chi connectivity index (χ0v) is 13.2. The first-order valence-electron chi connectivity index (χ1n) is 6.89. The number of fused-ring (bicyclic) bond motifs is 1. The Kier molecular flexibility index (Phi) is 4.44. The highest BCUT2D eigenvalue weighted by Gasteiger charge is 2.29. The summed E-state index contributed by atoms with van der Waals surface area (Å²) >= 11 is 6.13. The van der Waals surface area contributed by atoms with Crippen LogP contribution in [-0.2, 0) is 11.3 Å². The molecule has 116 valence electrons. The molecule has 0 radical (unpaired) electrons. The van der Waals surface area contributed by atoms with Crippen molar-refractivity contribution in [2.45, 2.75) is 45.4 Å². The molecule has 0 saturated heterocycles. The Morgan fingerprint density at radius 1 is 1.48 bits per heavy atom. The summed E-state index contributed by atoms with van der Waals surface area (Å²) in [6, 6.07) is 2.40. The van der Waals surface area contributed by atoms with E-state index >= 15 is 0 Å². The molecule has 1 amide bonds. The third-order valence-electron chi connectivity index (χ3n) is 3.33. The van der Waals surface area contributed by atoms with Gasteiger partial charge in [0.05, 0.1) is 6.54 Å². The molecule has 0 aliphatic carbocycles. The van der Waals surface area contributed by atoms with E-state index in [1.54, 1.807) is 20.8 Å². The maximum absolute atomic E-state index is 14.1. The highest BCUT2D eigenvalue weighted by Crippen LogP contribution is 2.33. The Morgan fingerprint density at radius 3 is 2.76 bits per heavy atom. The SMILES string of the molecule is CC(C)(C)OC(=O)N1CCC(N)c2c(Cl)ccc(F)c2C1. The van der Waals surface area contributed by atoms with Crippen LogP contribution in [0.5, 0.6) is 0 Å². The number of hydrogen-bond acceptors (Lipinski definition) is 3. The molecular formula is C15H20ClFN2O2. The fraction of sp³-hybridized carbons (Fsp3) is 0.533. The molecule has 0 fully saturated rings. The minimum atomic E-state index is -0.596. The summed E-state index contributed by atoms with van der Waals surface area (Å²) in [5.41, 5.74) is 6.44. The van der Waals surface area contributed by atoms with Crippen LogP contribution in [0, 0.1) is 5.82 Å². The molecule has 1 aliphatic rings. The van der Waals surface area contributed by atoms with E-state index in [4.69, 9.17) is 22.1 Å². The number of hydrogen-bond donors (Lipinski definition) is 1. The predicted octanol–water partition coefficient (Wildman–Crippen LogP) is 3.62. The Hall–Kier alpha value is -1.33. The van der Waals surface area contributed by atoms with Crippen LogP contribution < -0.4 is 5.73 Å². The zero-order chi connectivity index (χ0) is 15.8. The number of nitrogens with two attached hydrogens (primary N) is 1. The van der Waals surface area contributed by atoms with Gasteiger partial charge in [0.1, 0.15) is 11.4 Å². The van der Waals surface area contributed by atoms with Crippen molar-refractivity contribution in [2.24, 2.45) is 5.73 Å². The van der Waals surface area contributed by atoms with Crippen LogP contribution in [0.15, 0.2) is 12.1 Å². The number of ether oxygens (including phenoxy) is 1. The topological polar surface area (TPSA) is 55.6 Å². The molecule has 1 heterocycles. The van der Waals surface area contributed by atoms with Gasteiger partial charge < -0.3 is 15.4 Å². The molecule has 1 aliphatic heterocycles. The van der Waals surface area contributed by atoms with E-state index in [0.717, 1.165) is 0 Å². The molecule has 1 aromatic rings. The van der Waals surface area contributed by atoms with Crippen molar-refractivity contribution in [3.63, 3.8) is 0 Å². The largest absolute Gasteiger partial charge is 0.444 e. The first-order valence-corrected chi connectivity index (χ1v) is 7.27. The molecule has 2 rings (SSSR count). The molecule has 1 aromatic carbocycles. The summed E-state index contributed by atoms with van der Waals surface area (Å²) in [6.07, 6.45) is 0.0389. The predicted molar refractivity (Wildman–Crippen MR) is 79.6 cm³/mol. The summed E-state index contributed by atoms with van der Waals surface area (Å²) in [6.45, 7) is 5.89. The zero-order valence-electron chi connectivity index (χ0n) is 12.5. The summed E-state index contributed by atoms with van der Waals surface area (Å²) in [5.74, 6) is -0.402. The van der Waals surface area contributed by atoms with E-state index < -0.39 is 23.6 Å². The van der Waals surface area contributed by atoms with Crippen molar-refractivity contribution >= 4 is 17.7 Å². The van der Waals surface area contributed by atoms with E-state index in [0.29, 0.717) is 29.1 Å². The summed E-state index contributed by atoms with van der Waals surface area (Å²) in [7, 11) is 0. The summed E-state index contributed by atoms with van der Waals surface area (Å²) in [5, 5.41) is 0.435. The fourth-order valence-electron chi connectivity index (χ4n) is 2.36. The lowest BCUT2D eigenvalue weighted by Gasteiger charge is -2.26. The Morgan fingerprint density at radius 2 is 2.14 bits per heavy atom. The minimum absolute atomic E-state index is 0.115. The van der Waals surface area contributed by atoms with Gasteiger partial charge in [-0.05, 0) is 44.9 Å². The number of carbonyl (C=O) groups is 1. The van der Waals surface area contributed by atoms with Crippen molar-refractivity contribution in [3.05, 3.63) is 34.1 Å². The number of nitrogens with zero attached hydrogens (tertiary/aromatic N) is 1. The lowest BCUT2D eigenvalue weighted by Crippen LogP contribution is -2.36.